The van der Waals surface area contributed by atoms with Gasteiger partial charge < -0.3 is 9.73 Å². The van der Waals surface area contributed by atoms with Crippen LogP contribution in [0.3, 0.4) is 0 Å². The number of hydrogen-bond donors (Lipinski definition) is 1. The molecule has 2 aromatic heterocycles. The van der Waals surface area contributed by atoms with Crippen LogP contribution < -0.4 is 5.32 Å². The topological polar surface area (TPSA) is 38.1 Å². The predicted molar refractivity (Wildman–Crippen MR) is 86.9 cm³/mol. The van der Waals surface area contributed by atoms with Crippen LogP contribution >= 0.6 is 11.6 Å². The van der Waals surface area contributed by atoms with Crippen LogP contribution in [0.25, 0.3) is 10.9 Å². The van der Waals surface area contributed by atoms with Crippen molar-refractivity contribution in [3.05, 3.63) is 59.6 Å². The van der Waals surface area contributed by atoms with Crippen LogP contribution in [0.15, 0.2) is 53.3 Å². The van der Waals surface area contributed by atoms with Gasteiger partial charge in [0.1, 0.15) is 5.76 Å². The number of hydrogen-bond acceptors (Lipinski definition) is 3. The lowest BCUT2D eigenvalue weighted by Crippen LogP contribution is -2.16. The Kier molecular flexibility index (Phi) is 4.11. The quantitative estimate of drug-likeness (QED) is 0.727. The molecule has 0 aliphatic carbocycles. The average molecular weight is 301 g/mol. The Morgan fingerprint density at radius 1 is 1.24 bits per heavy atom. The third kappa shape index (κ3) is 3.19. The Hall–Kier alpha value is -2.00. The predicted octanol–water partition coefficient (Wildman–Crippen LogP) is 4.91. The van der Waals surface area contributed by atoms with E-state index in [1.807, 2.05) is 36.4 Å². The summed E-state index contributed by atoms with van der Waals surface area (Å²) in [5.41, 5.74) is 1.93. The molecule has 1 atom stereocenters. The fourth-order valence-electron chi connectivity index (χ4n) is 2.41. The molecule has 3 aromatic rings. The summed E-state index contributed by atoms with van der Waals surface area (Å²) in [6, 6.07) is 12.0. The molecular formula is C17H17ClN2O. The van der Waals surface area contributed by atoms with Gasteiger partial charge in [-0.05, 0) is 49.7 Å². The van der Waals surface area contributed by atoms with E-state index in [1.165, 1.54) is 0 Å². The lowest BCUT2D eigenvalue weighted by atomic mass is 10.1. The van der Waals surface area contributed by atoms with E-state index in [4.69, 9.17) is 16.0 Å². The number of halogens is 1. The van der Waals surface area contributed by atoms with E-state index in [2.05, 4.69) is 17.2 Å². The van der Waals surface area contributed by atoms with Crippen molar-refractivity contribution >= 4 is 28.2 Å². The van der Waals surface area contributed by atoms with Gasteiger partial charge in [-0.25, -0.2) is 0 Å². The summed E-state index contributed by atoms with van der Waals surface area (Å²) in [6.07, 6.45) is 5.41. The van der Waals surface area contributed by atoms with Crippen LogP contribution in [0.1, 0.15) is 19.1 Å². The van der Waals surface area contributed by atoms with Gasteiger partial charge in [0.05, 0.1) is 22.5 Å². The second-order valence-electron chi connectivity index (χ2n) is 5.16. The maximum Gasteiger partial charge on any atom is 0.103 e. The maximum atomic E-state index is 6.21. The first kappa shape index (κ1) is 14.0. The summed E-state index contributed by atoms with van der Waals surface area (Å²) in [6.45, 7) is 2.16. The van der Waals surface area contributed by atoms with Crippen LogP contribution in [0.4, 0.5) is 5.69 Å². The van der Waals surface area contributed by atoms with Gasteiger partial charge in [-0.2, -0.15) is 0 Å². The summed E-state index contributed by atoms with van der Waals surface area (Å²) in [7, 11) is 0. The van der Waals surface area contributed by atoms with Gasteiger partial charge in [-0.1, -0.05) is 11.6 Å². The Morgan fingerprint density at radius 3 is 2.95 bits per heavy atom. The number of benzene rings is 1. The molecule has 3 rings (SSSR count). The van der Waals surface area contributed by atoms with Crippen molar-refractivity contribution in [2.75, 3.05) is 5.32 Å². The fraction of sp³-hybridized carbons (Fsp3) is 0.235. The largest absolute Gasteiger partial charge is 0.469 e. The van der Waals surface area contributed by atoms with Crippen LogP contribution in [0.2, 0.25) is 5.02 Å². The number of nitrogens with zero attached hydrogens (tertiary/aromatic N) is 1. The minimum atomic E-state index is 0.321. The van der Waals surface area contributed by atoms with E-state index in [0.29, 0.717) is 6.04 Å². The first-order valence-corrected chi connectivity index (χ1v) is 7.44. The third-order valence-corrected chi connectivity index (χ3v) is 3.85. The molecule has 0 radical (unpaired) electrons. The van der Waals surface area contributed by atoms with E-state index in [0.717, 1.165) is 40.2 Å². The van der Waals surface area contributed by atoms with Crippen molar-refractivity contribution in [3.8, 4) is 0 Å². The van der Waals surface area contributed by atoms with Gasteiger partial charge in [0.2, 0.25) is 0 Å². The summed E-state index contributed by atoms with van der Waals surface area (Å²) in [5.74, 6) is 1.02. The highest BCUT2D eigenvalue weighted by Crippen LogP contribution is 2.28. The van der Waals surface area contributed by atoms with Crippen molar-refractivity contribution in [3.63, 3.8) is 0 Å². The molecule has 0 spiro atoms. The number of nitrogens with one attached hydrogen (secondary N) is 1. The first-order chi connectivity index (χ1) is 10.2. The van der Waals surface area contributed by atoms with Gasteiger partial charge in [0.15, 0.2) is 0 Å². The monoisotopic (exact) mass is 300 g/mol. The summed E-state index contributed by atoms with van der Waals surface area (Å²) < 4.78 is 5.36. The molecule has 1 aromatic carbocycles. The van der Waals surface area contributed by atoms with E-state index in [-0.39, 0.29) is 0 Å². The SMILES string of the molecule is CC(CCc1ccco1)Nc1ccc(Cl)c2cccnc12. The normalized spacial score (nSPS) is 12.5. The Labute approximate surface area is 128 Å². The van der Waals surface area contributed by atoms with Gasteiger partial charge >= 0.3 is 0 Å². The number of furan rings is 1. The molecule has 0 aliphatic rings. The molecule has 4 heteroatoms. The van der Waals surface area contributed by atoms with Gasteiger partial charge in [-0.15, -0.1) is 0 Å². The molecular weight excluding hydrogens is 284 g/mol. The molecule has 2 heterocycles. The number of aryl methyl sites for hydroxylation is 1. The number of aromatic nitrogens is 1. The highest BCUT2D eigenvalue weighted by molar-refractivity contribution is 6.35. The highest BCUT2D eigenvalue weighted by Gasteiger charge is 2.09. The number of pyridine rings is 1. The summed E-state index contributed by atoms with van der Waals surface area (Å²) >= 11 is 6.21. The van der Waals surface area contributed by atoms with Crippen molar-refractivity contribution in [2.45, 2.75) is 25.8 Å². The fourth-order valence-corrected chi connectivity index (χ4v) is 2.62. The van der Waals surface area contributed by atoms with E-state index in [9.17, 15) is 0 Å². The molecule has 0 saturated carbocycles. The molecule has 21 heavy (non-hydrogen) atoms. The molecule has 0 aliphatic heterocycles. The molecule has 108 valence electrons. The lowest BCUT2D eigenvalue weighted by molar-refractivity contribution is 0.495. The zero-order chi connectivity index (χ0) is 14.7. The molecule has 0 bridgehead atoms. The summed E-state index contributed by atoms with van der Waals surface area (Å²) in [4.78, 5) is 4.44. The second-order valence-corrected chi connectivity index (χ2v) is 5.57. The van der Waals surface area contributed by atoms with Crippen LogP contribution in [-0.2, 0) is 6.42 Å². The Bertz CT molecular complexity index is 725. The zero-order valence-electron chi connectivity index (χ0n) is 11.8. The van der Waals surface area contributed by atoms with E-state index < -0.39 is 0 Å². The Balaban J connectivity index is 1.74. The number of rotatable bonds is 5. The lowest BCUT2D eigenvalue weighted by Gasteiger charge is -2.16. The minimum absolute atomic E-state index is 0.321. The van der Waals surface area contributed by atoms with Gasteiger partial charge in [-0.3, -0.25) is 4.98 Å². The zero-order valence-corrected chi connectivity index (χ0v) is 12.6. The van der Waals surface area contributed by atoms with Crippen LogP contribution in [0.5, 0.6) is 0 Å². The Morgan fingerprint density at radius 2 is 2.14 bits per heavy atom. The van der Waals surface area contributed by atoms with Gasteiger partial charge in [0.25, 0.3) is 0 Å². The summed E-state index contributed by atoms with van der Waals surface area (Å²) in [5, 5.41) is 5.21. The molecule has 0 amide bonds. The molecule has 1 unspecified atom stereocenters. The van der Waals surface area contributed by atoms with E-state index >= 15 is 0 Å². The maximum absolute atomic E-state index is 6.21. The van der Waals surface area contributed by atoms with Crippen molar-refractivity contribution in [1.82, 2.24) is 4.98 Å². The van der Waals surface area contributed by atoms with Crippen molar-refractivity contribution < 1.29 is 4.42 Å². The third-order valence-electron chi connectivity index (χ3n) is 3.52. The van der Waals surface area contributed by atoms with Crippen LogP contribution in [-0.4, -0.2) is 11.0 Å². The second kappa shape index (κ2) is 6.19. The average Bonchev–Trinajstić information content (AvgIpc) is 3.02. The van der Waals surface area contributed by atoms with Gasteiger partial charge in [0, 0.05) is 24.0 Å². The minimum Gasteiger partial charge on any atom is -0.469 e. The van der Waals surface area contributed by atoms with Crippen LogP contribution in [0, 0.1) is 0 Å². The van der Waals surface area contributed by atoms with E-state index in [1.54, 1.807) is 12.5 Å². The molecule has 3 nitrogen and oxygen atoms in total. The smallest absolute Gasteiger partial charge is 0.103 e. The van der Waals surface area contributed by atoms with Crippen molar-refractivity contribution in [1.29, 1.82) is 0 Å². The molecule has 0 saturated heterocycles. The standard InChI is InChI=1S/C17H17ClN2O/c1-12(6-7-13-4-3-11-21-13)20-16-9-8-15(18)14-5-2-10-19-17(14)16/h2-5,8-12,20H,6-7H2,1H3. The molecule has 1 N–H and O–H groups in total. The molecule has 0 fully saturated rings. The van der Waals surface area contributed by atoms with Crippen molar-refractivity contribution in [2.24, 2.45) is 0 Å². The first-order valence-electron chi connectivity index (χ1n) is 7.06. The number of anilines is 1. The highest BCUT2D eigenvalue weighted by atomic mass is 35.5. The number of fused-ring (bicyclic) bond motifs is 1.